The van der Waals surface area contributed by atoms with Crippen molar-refractivity contribution in [2.45, 2.75) is 18.9 Å². The maximum Gasteiger partial charge on any atom is 0.407 e. The van der Waals surface area contributed by atoms with Gasteiger partial charge in [0.15, 0.2) is 0 Å². The molecule has 9 heteroatoms. The van der Waals surface area contributed by atoms with Gasteiger partial charge in [0.1, 0.15) is 22.9 Å². The van der Waals surface area contributed by atoms with Crippen molar-refractivity contribution >= 4 is 12.0 Å². The third-order valence-corrected chi connectivity index (χ3v) is 4.19. The molecule has 2 amide bonds. The van der Waals surface area contributed by atoms with Crippen LogP contribution >= 0.6 is 0 Å². The zero-order valence-electron chi connectivity index (χ0n) is 14.2. The number of likely N-dealkylation sites (tertiary alicyclic amines) is 1. The van der Waals surface area contributed by atoms with E-state index in [1.54, 1.807) is 0 Å². The number of halogens is 2. The van der Waals surface area contributed by atoms with Crippen LogP contribution < -0.4 is 10.1 Å². The van der Waals surface area contributed by atoms with Gasteiger partial charge in [-0.25, -0.2) is 18.6 Å². The van der Waals surface area contributed by atoms with Crippen molar-refractivity contribution in [3.63, 3.8) is 0 Å². The Kier molecular flexibility index (Phi) is 5.49. The first-order chi connectivity index (χ1) is 12.9. The van der Waals surface area contributed by atoms with Crippen LogP contribution in [0.3, 0.4) is 0 Å². The van der Waals surface area contributed by atoms with E-state index in [1.165, 1.54) is 29.2 Å². The van der Waals surface area contributed by atoms with E-state index in [0.717, 1.165) is 12.3 Å². The Labute approximate surface area is 153 Å². The first-order valence-electron chi connectivity index (χ1n) is 8.30. The van der Waals surface area contributed by atoms with Gasteiger partial charge in [-0.15, -0.1) is 0 Å². The summed E-state index contributed by atoms with van der Waals surface area (Å²) in [6.07, 6.45) is 0.828. The molecular weight excluding hydrogens is 360 g/mol. The van der Waals surface area contributed by atoms with E-state index in [9.17, 15) is 18.4 Å². The molecule has 1 fully saturated rings. The molecule has 142 valence electrons. The summed E-state index contributed by atoms with van der Waals surface area (Å²) in [6.45, 7) is 0.612. The topological polar surface area (TPSA) is 91.8 Å². The van der Waals surface area contributed by atoms with Gasteiger partial charge < -0.3 is 20.1 Å². The fourth-order valence-electron chi connectivity index (χ4n) is 2.76. The van der Waals surface area contributed by atoms with E-state index in [4.69, 9.17) is 9.84 Å². The lowest BCUT2D eigenvalue weighted by Crippen LogP contribution is -2.46. The number of piperidine rings is 1. The molecule has 0 aliphatic carbocycles. The first-order valence-corrected chi connectivity index (χ1v) is 8.30. The zero-order chi connectivity index (χ0) is 19.4. The Morgan fingerprint density at radius 1 is 1.15 bits per heavy atom. The molecule has 27 heavy (non-hydrogen) atoms. The van der Waals surface area contributed by atoms with Crippen LogP contribution in [-0.2, 0) is 0 Å². The molecule has 1 saturated heterocycles. The minimum atomic E-state index is -0.996. The fourth-order valence-corrected chi connectivity index (χ4v) is 2.76. The van der Waals surface area contributed by atoms with E-state index >= 15 is 0 Å². The third-order valence-electron chi connectivity index (χ3n) is 4.19. The van der Waals surface area contributed by atoms with Gasteiger partial charge in [0, 0.05) is 19.1 Å². The Bertz CT molecular complexity index is 837. The van der Waals surface area contributed by atoms with Gasteiger partial charge in [-0.2, -0.15) is 0 Å². The number of ether oxygens (including phenoxy) is 1. The van der Waals surface area contributed by atoms with Gasteiger partial charge in [0.05, 0.1) is 6.20 Å². The van der Waals surface area contributed by atoms with Crippen LogP contribution in [0.2, 0.25) is 0 Å². The standard InChI is InChI=1S/C18H17F2N3O4/c19-11-1-3-14(4-2-11)27-17-15(9-12(20)10-21-17)16(24)22-13-5-7-23(8-6-13)18(25)26/h1-4,9-10,13H,5-8H2,(H,22,24)(H,25,26). The SMILES string of the molecule is O=C(NC1CCN(C(=O)O)CC1)c1cc(F)cnc1Oc1ccc(F)cc1. The number of aromatic nitrogens is 1. The van der Waals surface area contributed by atoms with E-state index < -0.39 is 23.6 Å². The number of hydrogen-bond acceptors (Lipinski definition) is 4. The molecule has 2 aromatic rings. The number of carbonyl (C=O) groups is 2. The van der Waals surface area contributed by atoms with Crippen molar-refractivity contribution in [3.8, 4) is 11.6 Å². The van der Waals surface area contributed by atoms with Crippen LogP contribution in [0.15, 0.2) is 36.5 Å². The molecule has 0 unspecified atom stereocenters. The number of nitrogens with zero attached hydrogens (tertiary/aromatic N) is 2. The summed E-state index contributed by atoms with van der Waals surface area (Å²) < 4.78 is 32.1. The maximum atomic E-state index is 13.6. The molecule has 0 spiro atoms. The minimum absolute atomic E-state index is 0.0972. The van der Waals surface area contributed by atoms with Crippen LogP contribution in [0, 0.1) is 11.6 Å². The average molecular weight is 377 g/mol. The third kappa shape index (κ3) is 4.69. The number of hydrogen-bond donors (Lipinski definition) is 2. The predicted octanol–water partition coefficient (Wildman–Crippen LogP) is 3.02. The summed E-state index contributed by atoms with van der Waals surface area (Å²) in [6, 6.07) is 5.87. The number of amides is 2. The van der Waals surface area contributed by atoms with Gasteiger partial charge in [0.25, 0.3) is 5.91 Å². The van der Waals surface area contributed by atoms with Gasteiger partial charge in [0.2, 0.25) is 5.88 Å². The Hall–Kier alpha value is -3.23. The second-order valence-corrected chi connectivity index (χ2v) is 6.08. The molecule has 1 aliphatic rings. The van der Waals surface area contributed by atoms with Crippen LogP contribution in [0.25, 0.3) is 0 Å². The van der Waals surface area contributed by atoms with Crippen molar-refractivity contribution in [2.24, 2.45) is 0 Å². The minimum Gasteiger partial charge on any atom is -0.465 e. The zero-order valence-corrected chi connectivity index (χ0v) is 14.2. The van der Waals surface area contributed by atoms with Crippen LogP contribution in [0.5, 0.6) is 11.6 Å². The second-order valence-electron chi connectivity index (χ2n) is 6.08. The highest BCUT2D eigenvalue weighted by Gasteiger charge is 2.25. The summed E-state index contributed by atoms with van der Waals surface area (Å²) in [5, 5.41) is 11.7. The first kappa shape index (κ1) is 18.6. The highest BCUT2D eigenvalue weighted by Crippen LogP contribution is 2.24. The normalized spacial score (nSPS) is 14.7. The molecule has 2 N–H and O–H groups in total. The highest BCUT2D eigenvalue weighted by molar-refractivity contribution is 5.96. The monoisotopic (exact) mass is 377 g/mol. The van der Waals surface area contributed by atoms with Crippen molar-refractivity contribution in [1.82, 2.24) is 15.2 Å². The number of rotatable bonds is 4. The van der Waals surface area contributed by atoms with E-state index in [1.807, 2.05) is 0 Å². The molecular formula is C18H17F2N3O4. The second kappa shape index (κ2) is 7.98. The molecule has 7 nitrogen and oxygen atoms in total. The fraction of sp³-hybridized carbons (Fsp3) is 0.278. The molecule has 1 aromatic heterocycles. The summed E-state index contributed by atoms with van der Waals surface area (Å²) in [7, 11) is 0. The van der Waals surface area contributed by atoms with E-state index in [0.29, 0.717) is 25.9 Å². The number of pyridine rings is 1. The van der Waals surface area contributed by atoms with Crippen LogP contribution in [0.1, 0.15) is 23.2 Å². The van der Waals surface area contributed by atoms with Crippen LogP contribution in [0.4, 0.5) is 13.6 Å². The van der Waals surface area contributed by atoms with Crippen molar-refractivity contribution in [2.75, 3.05) is 13.1 Å². The molecule has 0 radical (unpaired) electrons. The number of nitrogens with one attached hydrogen (secondary N) is 1. The maximum absolute atomic E-state index is 13.6. The molecule has 1 aliphatic heterocycles. The predicted molar refractivity (Wildman–Crippen MR) is 90.8 cm³/mol. The van der Waals surface area contributed by atoms with Crippen LogP contribution in [-0.4, -0.2) is 46.1 Å². The van der Waals surface area contributed by atoms with Gasteiger partial charge >= 0.3 is 6.09 Å². The lowest BCUT2D eigenvalue weighted by Gasteiger charge is -2.30. The Morgan fingerprint density at radius 3 is 2.44 bits per heavy atom. The van der Waals surface area contributed by atoms with Crippen molar-refractivity contribution < 1.29 is 28.2 Å². The Balaban J connectivity index is 1.71. The molecule has 1 aromatic carbocycles. The lowest BCUT2D eigenvalue weighted by molar-refractivity contribution is 0.0904. The van der Waals surface area contributed by atoms with E-state index in [2.05, 4.69) is 10.3 Å². The largest absolute Gasteiger partial charge is 0.465 e. The smallest absolute Gasteiger partial charge is 0.407 e. The molecule has 0 bridgehead atoms. The van der Waals surface area contributed by atoms with Crippen molar-refractivity contribution in [1.29, 1.82) is 0 Å². The number of carboxylic acid groups (broad SMARTS) is 1. The lowest BCUT2D eigenvalue weighted by atomic mass is 10.0. The Morgan fingerprint density at radius 2 is 1.81 bits per heavy atom. The quantitative estimate of drug-likeness (QED) is 0.855. The summed E-state index contributed by atoms with van der Waals surface area (Å²) in [5.74, 6) is -1.58. The number of benzene rings is 1. The molecule has 2 heterocycles. The van der Waals surface area contributed by atoms with Gasteiger partial charge in [-0.05, 0) is 43.2 Å². The average Bonchev–Trinajstić information content (AvgIpc) is 2.65. The summed E-state index contributed by atoms with van der Waals surface area (Å²) in [5.41, 5.74) is -0.0972. The molecule has 0 saturated carbocycles. The van der Waals surface area contributed by atoms with Gasteiger partial charge in [-0.1, -0.05) is 0 Å². The van der Waals surface area contributed by atoms with Gasteiger partial charge in [-0.3, -0.25) is 4.79 Å². The summed E-state index contributed by atoms with van der Waals surface area (Å²) in [4.78, 5) is 28.6. The number of carbonyl (C=O) groups excluding carboxylic acids is 1. The molecule has 3 rings (SSSR count). The van der Waals surface area contributed by atoms with Crippen molar-refractivity contribution in [3.05, 3.63) is 53.7 Å². The summed E-state index contributed by atoms with van der Waals surface area (Å²) >= 11 is 0. The highest BCUT2D eigenvalue weighted by atomic mass is 19.1. The van der Waals surface area contributed by atoms with E-state index in [-0.39, 0.29) is 23.2 Å². The molecule has 0 atom stereocenters.